The van der Waals surface area contributed by atoms with Gasteiger partial charge in [-0.3, -0.25) is 0 Å². The van der Waals surface area contributed by atoms with E-state index in [1.807, 2.05) is 0 Å². The van der Waals surface area contributed by atoms with Crippen molar-refractivity contribution in [2.24, 2.45) is 0 Å². The van der Waals surface area contributed by atoms with Crippen LogP contribution in [0.25, 0.3) is 87.6 Å². The van der Waals surface area contributed by atoms with Gasteiger partial charge in [0.2, 0.25) is 0 Å². The van der Waals surface area contributed by atoms with E-state index in [1.54, 1.807) is 0 Å². The molecule has 0 atom stereocenters. The quantitative estimate of drug-likeness (QED) is 0.148. The predicted octanol–water partition coefficient (Wildman–Crippen LogP) is 18.2. The second-order valence-electron chi connectivity index (χ2n) is 18.3. The van der Waals surface area contributed by atoms with Gasteiger partial charge in [-0.2, -0.15) is 0 Å². The maximum absolute atomic E-state index is 6.94. The molecular formula is C67H43NO. The van der Waals surface area contributed by atoms with Gasteiger partial charge in [-0.15, -0.1) is 0 Å². The van der Waals surface area contributed by atoms with E-state index in [2.05, 4.69) is 266 Å². The Morgan fingerprint density at radius 3 is 1.68 bits per heavy atom. The third-order valence-electron chi connectivity index (χ3n) is 14.7. The summed E-state index contributed by atoms with van der Waals surface area (Å²) in [6.07, 6.45) is 0. The highest BCUT2D eigenvalue weighted by Gasteiger charge is 2.47. The number of anilines is 3. The minimum Gasteiger partial charge on any atom is -0.455 e. The number of hydrogen-bond acceptors (Lipinski definition) is 2. The molecular weight excluding hydrogens is 835 g/mol. The molecule has 1 aromatic heterocycles. The summed E-state index contributed by atoms with van der Waals surface area (Å²) in [5.41, 5.74) is 16.4. The van der Waals surface area contributed by atoms with Gasteiger partial charge in [0, 0.05) is 33.2 Å². The van der Waals surface area contributed by atoms with Crippen LogP contribution >= 0.6 is 0 Å². The summed E-state index contributed by atoms with van der Waals surface area (Å²) in [6.45, 7) is 0. The second kappa shape index (κ2) is 15.6. The lowest BCUT2D eigenvalue weighted by atomic mass is 9.68. The maximum atomic E-state index is 6.94. The Morgan fingerprint density at radius 1 is 0.319 bits per heavy atom. The number of fused-ring (bicyclic) bond motifs is 10. The van der Waals surface area contributed by atoms with Gasteiger partial charge in [0.05, 0.1) is 16.8 Å². The molecule has 13 aromatic rings. The molecule has 0 amide bonds. The van der Waals surface area contributed by atoms with E-state index < -0.39 is 5.41 Å². The van der Waals surface area contributed by atoms with Crippen LogP contribution in [0.15, 0.2) is 265 Å². The van der Waals surface area contributed by atoms with Gasteiger partial charge in [0.1, 0.15) is 11.2 Å². The highest BCUT2D eigenvalue weighted by atomic mass is 16.3. The molecule has 0 saturated heterocycles. The van der Waals surface area contributed by atoms with Crippen LogP contribution in [0.4, 0.5) is 17.1 Å². The predicted molar refractivity (Wildman–Crippen MR) is 289 cm³/mol. The summed E-state index contributed by atoms with van der Waals surface area (Å²) in [4.78, 5) is 2.49. The summed E-state index contributed by atoms with van der Waals surface area (Å²) in [5.74, 6) is 0. The van der Waals surface area contributed by atoms with Crippen LogP contribution in [-0.2, 0) is 5.41 Å². The highest BCUT2D eigenvalue weighted by molar-refractivity contribution is 6.14. The zero-order valence-electron chi connectivity index (χ0n) is 37.7. The molecule has 0 unspecified atom stereocenters. The second-order valence-corrected chi connectivity index (χ2v) is 18.3. The molecule has 0 N–H and O–H groups in total. The SMILES string of the molecule is c1ccc(C2(c3ccccc3)c3ccccc3-c3c(N(c4ccc(-c5ccc6c(ccc7ccccc76)c5)cc4)c4ccccc4-c4cccc5c4oc4cc6ccccc6cc45)cccc32)cc1. The van der Waals surface area contributed by atoms with Crippen LogP contribution in [0.3, 0.4) is 0 Å². The molecule has 0 fully saturated rings. The minimum atomic E-state index is -0.551. The van der Waals surface area contributed by atoms with Gasteiger partial charge in [-0.05, 0) is 114 Å². The van der Waals surface area contributed by atoms with E-state index in [9.17, 15) is 0 Å². The Hall–Kier alpha value is -8.98. The molecule has 0 radical (unpaired) electrons. The van der Waals surface area contributed by atoms with Gasteiger partial charge in [0.15, 0.2) is 0 Å². The van der Waals surface area contributed by atoms with Crippen LogP contribution in [-0.4, -0.2) is 0 Å². The monoisotopic (exact) mass is 877 g/mol. The summed E-state index contributed by atoms with van der Waals surface area (Å²) in [5, 5.41) is 9.62. The molecule has 1 heterocycles. The Balaban J connectivity index is 1.01. The van der Waals surface area contributed by atoms with E-state index in [0.29, 0.717) is 0 Å². The maximum Gasteiger partial charge on any atom is 0.143 e. The Bertz CT molecular complexity index is 4090. The van der Waals surface area contributed by atoms with Crippen LogP contribution in [0.5, 0.6) is 0 Å². The lowest BCUT2D eigenvalue weighted by Crippen LogP contribution is -2.28. The van der Waals surface area contributed by atoms with Crippen molar-refractivity contribution in [2.45, 2.75) is 5.41 Å². The van der Waals surface area contributed by atoms with Crippen molar-refractivity contribution in [1.29, 1.82) is 0 Å². The van der Waals surface area contributed by atoms with Gasteiger partial charge in [0.25, 0.3) is 0 Å². The minimum absolute atomic E-state index is 0.551. The summed E-state index contributed by atoms with van der Waals surface area (Å²) >= 11 is 0. The van der Waals surface area contributed by atoms with E-state index in [-0.39, 0.29) is 0 Å². The standard InChI is InChI=1S/C67H43NO/c1-3-20-50(21-4-1)67(51-22-5-2-6-23-51)60-29-13-11-26-58(60)65-61(67)30-16-32-63(65)68(52-38-35-44(36-39-52)48-37-40-54-49(41-48)34-33-45-17-9-10-24-53(45)54)62-31-14-12-25-55(62)56-27-15-28-57-59-42-46-18-7-8-19-47(46)43-64(59)69-66(56)57/h1-43H. The highest BCUT2D eigenvalue weighted by Crippen LogP contribution is 2.60. The molecule has 2 nitrogen and oxygen atoms in total. The first-order chi connectivity index (χ1) is 34.2. The van der Waals surface area contributed by atoms with Crippen molar-refractivity contribution in [3.63, 3.8) is 0 Å². The van der Waals surface area contributed by atoms with E-state index in [0.717, 1.165) is 61.1 Å². The molecule has 322 valence electrons. The number of para-hydroxylation sites is 2. The zero-order chi connectivity index (χ0) is 45.5. The number of rotatable bonds is 7. The molecule has 69 heavy (non-hydrogen) atoms. The first kappa shape index (κ1) is 39.2. The van der Waals surface area contributed by atoms with Crippen LogP contribution in [0.2, 0.25) is 0 Å². The molecule has 1 aliphatic rings. The van der Waals surface area contributed by atoms with Crippen LogP contribution in [0, 0.1) is 0 Å². The topological polar surface area (TPSA) is 16.4 Å². The van der Waals surface area contributed by atoms with E-state index in [4.69, 9.17) is 4.42 Å². The Kier molecular flexibility index (Phi) is 8.84. The lowest BCUT2D eigenvalue weighted by Gasteiger charge is -2.34. The van der Waals surface area contributed by atoms with Crippen molar-refractivity contribution in [1.82, 2.24) is 0 Å². The Morgan fingerprint density at radius 2 is 0.884 bits per heavy atom. The van der Waals surface area contributed by atoms with E-state index in [1.165, 1.54) is 65.9 Å². The molecule has 1 aliphatic carbocycles. The molecule has 2 heteroatoms. The Labute approximate surface area is 400 Å². The van der Waals surface area contributed by atoms with Crippen LogP contribution in [0.1, 0.15) is 22.3 Å². The van der Waals surface area contributed by atoms with Crippen molar-refractivity contribution < 1.29 is 4.42 Å². The fourth-order valence-electron chi connectivity index (χ4n) is 11.7. The number of hydrogen-bond donors (Lipinski definition) is 0. The van der Waals surface area contributed by atoms with E-state index >= 15 is 0 Å². The molecule has 0 spiro atoms. The molecule has 12 aromatic carbocycles. The van der Waals surface area contributed by atoms with Crippen LogP contribution < -0.4 is 4.90 Å². The lowest BCUT2D eigenvalue weighted by molar-refractivity contribution is 0.670. The van der Waals surface area contributed by atoms with Crippen molar-refractivity contribution in [3.05, 3.63) is 283 Å². The van der Waals surface area contributed by atoms with Gasteiger partial charge in [-0.25, -0.2) is 0 Å². The molecule has 0 saturated carbocycles. The molecule has 0 bridgehead atoms. The summed E-state index contributed by atoms with van der Waals surface area (Å²) in [6, 6.07) is 95.7. The normalized spacial score (nSPS) is 12.8. The largest absolute Gasteiger partial charge is 0.455 e. The fraction of sp³-hybridized carbons (Fsp3) is 0.0149. The van der Waals surface area contributed by atoms with Gasteiger partial charge < -0.3 is 9.32 Å². The fourth-order valence-corrected chi connectivity index (χ4v) is 11.7. The number of nitrogens with zero attached hydrogens (tertiary/aromatic N) is 1. The summed E-state index contributed by atoms with van der Waals surface area (Å²) < 4.78 is 6.94. The zero-order valence-corrected chi connectivity index (χ0v) is 37.7. The first-order valence-corrected chi connectivity index (χ1v) is 23.8. The molecule has 14 rings (SSSR count). The van der Waals surface area contributed by atoms with Crippen molar-refractivity contribution >= 4 is 71.3 Å². The van der Waals surface area contributed by atoms with Gasteiger partial charge >= 0.3 is 0 Å². The summed E-state index contributed by atoms with van der Waals surface area (Å²) in [7, 11) is 0. The van der Waals surface area contributed by atoms with Crippen molar-refractivity contribution in [3.8, 4) is 33.4 Å². The average molecular weight is 878 g/mol. The smallest absolute Gasteiger partial charge is 0.143 e. The first-order valence-electron chi connectivity index (χ1n) is 23.8. The molecule has 0 aliphatic heterocycles. The van der Waals surface area contributed by atoms with Gasteiger partial charge in [-0.1, -0.05) is 218 Å². The third-order valence-corrected chi connectivity index (χ3v) is 14.7. The average Bonchev–Trinajstić information content (AvgIpc) is 3.94. The third kappa shape index (κ3) is 5.99. The number of furan rings is 1. The number of benzene rings is 12. The van der Waals surface area contributed by atoms with Crippen molar-refractivity contribution in [2.75, 3.05) is 4.90 Å².